The molecule has 0 radical (unpaired) electrons. The number of anilines is 1. The molecule has 0 spiro atoms. The van der Waals surface area contributed by atoms with E-state index in [1.54, 1.807) is 5.01 Å². The van der Waals surface area contributed by atoms with Crippen LogP contribution in [-0.4, -0.2) is 22.6 Å². The number of para-hydroxylation sites is 1. The Labute approximate surface area is 137 Å². The van der Waals surface area contributed by atoms with Gasteiger partial charge < -0.3 is 0 Å². The number of nitrogens with two attached hydrogens (primary N) is 1. The molecular formula is C17H22N4S. The third-order valence-corrected chi connectivity index (χ3v) is 4.77. The molecule has 1 heterocycles. The van der Waals surface area contributed by atoms with Crippen molar-refractivity contribution in [3.8, 4) is 0 Å². The van der Waals surface area contributed by atoms with E-state index in [0.717, 1.165) is 24.9 Å². The summed E-state index contributed by atoms with van der Waals surface area (Å²) in [6.07, 6.45) is 8.25. The molecule has 2 N–H and O–H groups in total. The summed E-state index contributed by atoms with van der Waals surface area (Å²) in [5.41, 5.74) is 4.81. The van der Waals surface area contributed by atoms with Gasteiger partial charge in [-0.05, 0) is 61.5 Å². The predicted octanol–water partition coefficient (Wildman–Crippen LogP) is 3.30. The summed E-state index contributed by atoms with van der Waals surface area (Å²) in [6.45, 7) is 4.24. The largest absolute Gasteiger partial charge is 0.276 e. The first-order chi connectivity index (χ1) is 10.6. The topological polar surface area (TPSA) is 44.9 Å². The number of thiocarbonyl (C=S) groups is 1. The van der Waals surface area contributed by atoms with Gasteiger partial charge in [-0.15, -0.1) is 0 Å². The highest BCUT2D eigenvalue weighted by molar-refractivity contribution is 7.80. The molecule has 116 valence electrons. The lowest BCUT2D eigenvalue weighted by Gasteiger charge is -2.37. The van der Waals surface area contributed by atoms with Crippen molar-refractivity contribution in [2.24, 2.45) is 10.8 Å². The van der Waals surface area contributed by atoms with Crippen molar-refractivity contribution < 1.29 is 0 Å². The van der Waals surface area contributed by atoms with Crippen LogP contribution in [0.25, 0.3) is 0 Å². The van der Waals surface area contributed by atoms with Crippen LogP contribution in [0, 0.1) is 6.92 Å². The van der Waals surface area contributed by atoms with Crippen molar-refractivity contribution >= 4 is 29.4 Å². The molecule has 22 heavy (non-hydrogen) atoms. The van der Waals surface area contributed by atoms with Gasteiger partial charge in [-0.2, -0.15) is 0 Å². The predicted molar refractivity (Wildman–Crippen MR) is 95.9 cm³/mol. The SMILES string of the molecule is CCc1cccc(C)c1N1C=NC(C2=CCCC2)N(N)C1=S. The summed E-state index contributed by atoms with van der Waals surface area (Å²) in [6, 6.07) is 6.30. The minimum atomic E-state index is -0.139. The van der Waals surface area contributed by atoms with E-state index in [1.165, 1.54) is 23.1 Å². The maximum atomic E-state index is 6.27. The molecule has 4 nitrogen and oxygen atoms in total. The monoisotopic (exact) mass is 314 g/mol. The molecule has 0 saturated heterocycles. The van der Waals surface area contributed by atoms with Crippen LogP contribution in [0.2, 0.25) is 0 Å². The van der Waals surface area contributed by atoms with Crippen LogP contribution in [0.3, 0.4) is 0 Å². The highest BCUT2D eigenvalue weighted by atomic mass is 32.1. The fourth-order valence-corrected chi connectivity index (χ4v) is 3.43. The summed E-state index contributed by atoms with van der Waals surface area (Å²) in [5.74, 6) is 6.27. The molecule has 1 aromatic carbocycles. The average molecular weight is 314 g/mol. The molecule has 1 aromatic rings. The van der Waals surface area contributed by atoms with Crippen LogP contribution in [-0.2, 0) is 6.42 Å². The fourth-order valence-electron chi connectivity index (χ4n) is 3.19. The van der Waals surface area contributed by atoms with E-state index in [4.69, 9.17) is 18.1 Å². The van der Waals surface area contributed by atoms with Gasteiger partial charge in [0.05, 0.1) is 12.0 Å². The third kappa shape index (κ3) is 2.55. The molecule has 1 aliphatic carbocycles. The summed E-state index contributed by atoms with van der Waals surface area (Å²) in [7, 11) is 0. The van der Waals surface area contributed by atoms with Crippen molar-refractivity contribution in [1.29, 1.82) is 0 Å². The number of hydrogen-bond donors (Lipinski definition) is 1. The molecule has 1 atom stereocenters. The minimum Gasteiger partial charge on any atom is -0.276 e. The number of hydrogen-bond acceptors (Lipinski definition) is 3. The third-order valence-electron chi connectivity index (χ3n) is 4.36. The fraction of sp³-hybridized carbons (Fsp3) is 0.412. The van der Waals surface area contributed by atoms with E-state index in [1.807, 2.05) is 11.2 Å². The van der Waals surface area contributed by atoms with E-state index in [2.05, 4.69) is 43.1 Å². The lowest BCUT2D eigenvalue weighted by Crippen LogP contribution is -2.55. The quantitative estimate of drug-likeness (QED) is 0.528. The summed E-state index contributed by atoms with van der Waals surface area (Å²) in [4.78, 5) is 6.60. The minimum absolute atomic E-state index is 0.139. The Morgan fingerprint density at radius 1 is 1.41 bits per heavy atom. The maximum absolute atomic E-state index is 6.27. The molecule has 3 rings (SSSR count). The number of aryl methyl sites for hydroxylation is 2. The summed E-state index contributed by atoms with van der Waals surface area (Å²) < 4.78 is 0. The average Bonchev–Trinajstić information content (AvgIpc) is 3.04. The van der Waals surface area contributed by atoms with Crippen LogP contribution < -0.4 is 10.7 Å². The molecule has 0 saturated carbocycles. The van der Waals surface area contributed by atoms with Crippen molar-refractivity contribution in [1.82, 2.24) is 5.01 Å². The van der Waals surface area contributed by atoms with Gasteiger partial charge >= 0.3 is 0 Å². The molecular weight excluding hydrogens is 292 g/mol. The van der Waals surface area contributed by atoms with Crippen LogP contribution in [0.15, 0.2) is 34.8 Å². The van der Waals surface area contributed by atoms with Crippen molar-refractivity contribution in [2.45, 2.75) is 45.7 Å². The standard InChI is InChI=1S/C17H22N4S/c1-3-13-10-6-7-12(2)15(13)20-11-19-16(21(18)17(20)22)14-8-4-5-9-14/h6-8,10-11,16H,3-5,9,18H2,1-2H3. The van der Waals surface area contributed by atoms with Crippen LogP contribution >= 0.6 is 12.2 Å². The Bertz CT molecular complexity index is 650. The van der Waals surface area contributed by atoms with Gasteiger partial charge in [-0.25, -0.2) is 10.8 Å². The van der Waals surface area contributed by atoms with E-state index in [-0.39, 0.29) is 6.17 Å². The second kappa shape index (κ2) is 6.18. The van der Waals surface area contributed by atoms with Gasteiger partial charge in [0.15, 0.2) is 11.3 Å². The van der Waals surface area contributed by atoms with Crippen LogP contribution in [0.4, 0.5) is 5.69 Å². The second-order valence-electron chi connectivity index (χ2n) is 5.81. The Morgan fingerprint density at radius 2 is 2.23 bits per heavy atom. The molecule has 0 bridgehead atoms. The Hall–Kier alpha value is -1.72. The number of rotatable bonds is 3. The Morgan fingerprint density at radius 3 is 2.91 bits per heavy atom. The van der Waals surface area contributed by atoms with E-state index >= 15 is 0 Å². The molecule has 0 fully saturated rings. The highest BCUT2D eigenvalue weighted by Crippen LogP contribution is 2.30. The van der Waals surface area contributed by atoms with Gasteiger partial charge in [0, 0.05) is 0 Å². The van der Waals surface area contributed by atoms with E-state index in [9.17, 15) is 0 Å². The van der Waals surface area contributed by atoms with Crippen LogP contribution in [0.5, 0.6) is 0 Å². The van der Waals surface area contributed by atoms with Gasteiger partial charge in [0.2, 0.25) is 0 Å². The first-order valence-corrected chi connectivity index (χ1v) is 8.22. The summed E-state index contributed by atoms with van der Waals surface area (Å²) in [5, 5.41) is 2.23. The van der Waals surface area contributed by atoms with Gasteiger partial charge in [-0.3, -0.25) is 9.91 Å². The summed E-state index contributed by atoms with van der Waals surface area (Å²) >= 11 is 5.62. The molecule has 2 aliphatic rings. The Kier molecular flexibility index (Phi) is 4.27. The number of nitrogens with zero attached hydrogens (tertiary/aromatic N) is 3. The normalized spacial score (nSPS) is 21.5. The zero-order chi connectivity index (χ0) is 15.7. The van der Waals surface area contributed by atoms with Crippen LogP contribution in [0.1, 0.15) is 37.3 Å². The molecule has 0 aromatic heterocycles. The van der Waals surface area contributed by atoms with Crippen molar-refractivity contribution in [2.75, 3.05) is 4.90 Å². The number of benzene rings is 1. The number of hydrazine groups is 1. The highest BCUT2D eigenvalue weighted by Gasteiger charge is 2.30. The Balaban J connectivity index is 1.97. The maximum Gasteiger partial charge on any atom is 0.198 e. The van der Waals surface area contributed by atoms with Crippen molar-refractivity contribution in [3.63, 3.8) is 0 Å². The second-order valence-corrected chi connectivity index (χ2v) is 6.17. The lowest BCUT2D eigenvalue weighted by molar-refractivity contribution is 0.360. The van der Waals surface area contributed by atoms with Gasteiger partial charge in [-0.1, -0.05) is 31.2 Å². The van der Waals surface area contributed by atoms with Crippen molar-refractivity contribution in [3.05, 3.63) is 41.0 Å². The first kappa shape index (κ1) is 15.2. The zero-order valence-corrected chi connectivity index (χ0v) is 13.9. The van der Waals surface area contributed by atoms with E-state index in [0.29, 0.717) is 5.11 Å². The zero-order valence-electron chi connectivity index (χ0n) is 13.1. The number of allylic oxidation sites excluding steroid dienone is 1. The van der Waals surface area contributed by atoms with Gasteiger partial charge in [0.25, 0.3) is 0 Å². The smallest absolute Gasteiger partial charge is 0.198 e. The molecule has 5 heteroatoms. The number of aliphatic imine (C=N–C) groups is 1. The first-order valence-electron chi connectivity index (χ1n) is 7.81. The van der Waals surface area contributed by atoms with E-state index < -0.39 is 0 Å². The molecule has 0 amide bonds. The lowest BCUT2D eigenvalue weighted by atomic mass is 10.0. The van der Waals surface area contributed by atoms with Gasteiger partial charge in [0.1, 0.15) is 0 Å². The molecule has 1 aliphatic heterocycles. The molecule has 1 unspecified atom stereocenters.